The molecule has 0 atom stereocenters. The molecule has 2 nitrogen and oxygen atoms in total. The molecule has 5 rings (SSSR count). The van der Waals surface area contributed by atoms with Crippen LogP contribution in [-0.4, -0.2) is 10.7 Å². The molecule has 2 heteroatoms. The normalized spacial score (nSPS) is 14.7. The van der Waals surface area contributed by atoms with Crippen molar-refractivity contribution in [2.24, 2.45) is 4.99 Å². The minimum atomic E-state index is 0.948. The highest BCUT2D eigenvalue weighted by atomic mass is 14.8. The van der Waals surface area contributed by atoms with E-state index in [1.807, 2.05) is 24.3 Å². The molecular formula is C33H28N2. The second-order valence-corrected chi connectivity index (χ2v) is 8.71. The summed E-state index contributed by atoms with van der Waals surface area (Å²) in [5.41, 5.74) is 11.2. The minimum Gasteiger partial charge on any atom is -0.355 e. The van der Waals surface area contributed by atoms with Crippen LogP contribution in [0.4, 0.5) is 0 Å². The smallest absolute Gasteiger partial charge is 0.0737 e. The number of allylic oxidation sites excluding steroid dienone is 3. The van der Waals surface area contributed by atoms with Gasteiger partial charge in [-0.15, -0.1) is 0 Å². The number of nitrogens with zero attached hydrogens (tertiary/aromatic N) is 1. The first-order valence-electron chi connectivity index (χ1n) is 11.9. The van der Waals surface area contributed by atoms with Crippen LogP contribution < -0.4 is 0 Å². The molecule has 1 aliphatic heterocycles. The van der Waals surface area contributed by atoms with Crippen molar-refractivity contribution in [1.29, 1.82) is 0 Å². The van der Waals surface area contributed by atoms with Crippen molar-refractivity contribution in [1.82, 2.24) is 4.98 Å². The highest BCUT2D eigenvalue weighted by Crippen LogP contribution is 2.34. The van der Waals surface area contributed by atoms with Crippen LogP contribution in [0, 0.1) is 13.8 Å². The number of hydrogen-bond donors (Lipinski definition) is 1. The number of benzene rings is 3. The lowest BCUT2D eigenvalue weighted by Gasteiger charge is -2.14. The van der Waals surface area contributed by atoms with E-state index >= 15 is 0 Å². The van der Waals surface area contributed by atoms with Crippen LogP contribution in [0.5, 0.6) is 0 Å². The van der Waals surface area contributed by atoms with Crippen LogP contribution in [-0.2, 0) is 0 Å². The minimum absolute atomic E-state index is 0.948. The van der Waals surface area contributed by atoms with E-state index in [-0.39, 0.29) is 0 Å². The van der Waals surface area contributed by atoms with Crippen molar-refractivity contribution in [2.75, 3.05) is 0 Å². The van der Waals surface area contributed by atoms with Crippen molar-refractivity contribution in [3.05, 3.63) is 154 Å². The quantitative estimate of drug-likeness (QED) is 0.305. The fraction of sp³-hybridized carbons (Fsp3) is 0.0606. The summed E-state index contributed by atoms with van der Waals surface area (Å²) in [6.45, 7) is 4.33. The summed E-state index contributed by atoms with van der Waals surface area (Å²) in [7, 11) is 0. The van der Waals surface area contributed by atoms with Crippen LogP contribution in [0.3, 0.4) is 0 Å². The molecule has 0 radical (unpaired) electrons. The maximum atomic E-state index is 5.00. The molecule has 170 valence electrons. The molecule has 1 N–H and O–H groups in total. The average molecular weight is 453 g/mol. The van der Waals surface area contributed by atoms with Crippen LogP contribution >= 0.6 is 0 Å². The third kappa shape index (κ3) is 5.23. The van der Waals surface area contributed by atoms with Crippen molar-refractivity contribution in [2.45, 2.75) is 13.8 Å². The molecule has 0 fully saturated rings. The maximum Gasteiger partial charge on any atom is 0.0737 e. The van der Waals surface area contributed by atoms with Gasteiger partial charge in [-0.1, -0.05) is 91.0 Å². The molecule has 1 aromatic heterocycles. The molecule has 1 aliphatic rings. The number of aromatic nitrogens is 1. The second kappa shape index (κ2) is 10.2. The molecule has 35 heavy (non-hydrogen) atoms. The molecule has 0 amide bonds. The summed E-state index contributed by atoms with van der Waals surface area (Å²) in [6, 6.07) is 31.4. The van der Waals surface area contributed by atoms with E-state index < -0.39 is 0 Å². The zero-order valence-electron chi connectivity index (χ0n) is 20.1. The van der Waals surface area contributed by atoms with Gasteiger partial charge in [-0.2, -0.15) is 0 Å². The van der Waals surface area contributed by atoms with Crippen molar-refractivity contribution < 1.29 is 0 Å². The van der Waals surface area contributed by atoms with Gasteiger partial charge in [-0.25, -0.2) is 4.99 Å². The van der Waals surface area contributed by atoms with Gasteiger partial charge in [0.05, 0.1) is 11.4 Å². The van der Waals surface area contributed by atoms with Crippen molar-refractivity contribution in [3.63, 3.8) is 0 Å². The highest BCUT2D eigenvalue weighted by Gasteiger charge is 2.18. The standard InChI is InChI=1S/C33H28N2/c1-24-10-9-11-25(2)32(24)33(30-22-20-28(34-30)18-16-26-12-5-3-6-13-26)31-23-21-29(35-31)19-17-27-14-7-4-8-15-27/h3-23,34H,1-2H3/b18-16+,19-17+,33-31+. The van der Waals surface area contributed by atoms with Gasteiger partial charge in [0.15, 0.2) is 0 Å². The summed E-state index contributed by atoms with van der Waals surface area (Å²) in [4.78, 5) is 8.62. The van der Waals surface area contributed by atoms with Gasteiger partial charge in [0, 0.05) is 17.0 Å². The first-order valence-corrected chi connectivity index (χ1v) is 11.9. The molecule has 0 spiro atoms. The molecular weight excluding hydrogens is 424 g/mol. The Morgan fingerprint density at radius 2 is 1.26 bits per heavy atom. The number of hydrogen-bond acceptors (Lipinski definition) is 1. The van der Waals surface area contributed by atoms with Crippen LogP contribution in [0.1, 0.15) is 39.2 Å². The topological polar surface area (TPSA) is 28.1 Å². The predicted octanol–water partition coefficient (Wildman–Crippen LogP) is 8.29. The van der Waals surface area contributed by atoms with Gasteiger partial charge in [0.1, 0.15) is 0 Å². The lowest BCUT2D eigenvalue weighted by molar-refractivity contribution is 1.26. The Morgan fingerprint density at radius 3 is 1.91 bits per heavy atom. The summed E-state index contributed by atoms with van der Waals surface area (Å²) < 4.78 is 0. The van der Waals surface area contributed by atoms with E-state index in [2.05, 4.69) is 122 Å². The molecule has 0 saturated heterocycles. The first kappa shape index (κ1) is 22.4. The number of H-pyrrole nitrogens is 1. The Balaban J connectivity index is 1.54. The first-order chi connectivity index (χ1) is 17.2. The van der Waals surface area contributed by atoms with Gasteiger partial charge in [-0.3, -0.25) is 0 Å². The number of nitrogens with one attached hydrogen (secondary N) is 1. The van der Waals surface area contributed by atoms with Gasteiger partial charge in [-0.05, 0) is 78.1 Å². The largest absolute Gasteiger partial charge is 0.355 e. The lowest BCUT2D eigenvalue weighted by atomic mass is 9.92. The molecule has 0 aliphatic carbocycles. The summed E-state index contributed by atoms with van der Waals surface area (Å²) in [5.74, 6) is 0. The zero-order chi connectivity index (χ0) is 24.0. The van der Waals surface area contributed by atoms with Crippen LogP contribution in [0.25, 0.3) is 23.8 Å². The third-order valence-corrected chi connectivity index (χ3v) is 6.13. The number of aliphatic imine (C=N–C) groups is 1. The number of rotatable bonds is 6. The Kier molecular flexibility index (Phi) is 6.54. The van der Waals surface area contributed by atoms with E-state index in [4.69, 9.17) is 4.99 Å². The molecule has 2 heterocycles. The van der Waals surface area contributed by atoms with Crippen molar-refractivity contribution in [3.8, 4) is 0 Å². The monoisotopic (exact) mass is 452 g/mol. The Hall–Kier alpha value is -4.43. The lowest BCUT2D eigenvalue weighted by Crippen LogP contribution is -1.98. The second-order valence-electron chi connectivity index (χ2n) is 8.71. The van der Waals surface area contributed by atoms with E-state index in [1.54, 1.807) is 0 Å². The highest BCUT2D eigenvalue weighted by molar-refractivity contribution is 6.10. The molecule has 4 aromatic rings. The fourth-order valence-corrected chi connectivity index (χ4v) is 4.37. The van der Waals surface area contributed by atoms with Gasteiger partial charge < -0.3 is 4.98 Å². The fourth-order valence-electron chi connectivity index (χ4n) is 4.37. The molecule has 0 unspecified atom stereocenters. The van der Waals surface area contributed by atoms with Gasteiger partial charge in [0.25, 0.3) is 0 Å². The van der Waals surface area contributed by atoms with Crippen LogP contribution in [0.2, 0.25) is 0 Å². The van der Waals surface area contributed by atoms with E-state index in [9.17, 15) is 0 Å². The summed E-state index contributed by atoms with van der Waals surface area (Å²) in [6.07, 6.45) is 12.6. The van der Waals surface area contributed by atoms with Gasteiger partial charge in [0.2, 0.25) is 0 Å². The maximum absolute atomic E-state index is 5.00. The SMILES string of the molecule is Cc1cccc(C)c1/C(=C1\C=CC(/C=C/c2ccccc2)=N1)c1ccc(/C=C/c2ccccc2)[nH]1. The van der Waals surface area contributed by atoms with E-state index in [0.717, 1.165) is 33.9 Å². The van der Waals surface area contributed by atoms with Gasteiger partial charge >= 0.3 is 0 Å². The molecule has 0 bridgehead atoms. The number of aryl methyl sites for hydroxylation is 2. The Morgan fingerprint density at radius 1 is 0.629 bits per heavy atom. The molecule has 3 aromatic carbocycles. The summed E-state index contributed by atoms with van der Waals surface area (Å²) >= 11 is 0. The van der Waals surface area contributed by atoms with E-state index in [1.165, 1.54) is 22.3 Å². The van der Waals surface area contributed by atoms with Crippen molar-refractivity contribution >= 4 is 29.5 Å². The third-order valence-electron chi connectivity index (χ3n) is 6.13. The number of aromatic amines is 1. The Bertz CT molecular complexity index is 1460. The zero-order valence-corrected chi connectivity index (χ0v) is 20.1. The molecule has 0 saturated carbocycles. The predicted molar refractivity (Wildman–Crippen MR) is 150 cm³/mol. The van der Waals surface area contributed by atoms with Crippen LogP contribution in [0.15, 0.2) is 120 Å². The average Bonchev–Trinajstić information content (AvgIpc) is 3.55. The Labute approximate surface area is 207 Å². The summed E-state index contributed by atoms with van der Waals surface area (Å²) in [5, 5.41) is 0. The van der Waals surface area contributed by atoms with E-state index in [0.29, 0.717) is 0 Å².